The molecule has 0 aliphatic heterocycles. The monoisotopic (exact) mass is 568 g/mol. The molecule has 40 heavy (non-hydrogen) atoms. The van der Waals surface area contributed by atoms with E-state index < -0.39 is 47.3 Å². The Morgan fingerprint density at radius 3 is 2.12 bits per heavy atom. The summed E-state index contributed by atoms with van der Waals surface area (Å²) in [5.41, 5.74) is -0.125. The zero-order valence-electron chi connectivity index (χ0n) is 24.0. The van der Waals surface area contributed by atoms with Crippen molar-refractivity contribution in [2.75, 3.05) is 13.7 Å². The average molecular weight is 569 g/mol. The summed E-state index contributed by atoms with van der Waals surface area (Å²) in [7, 11) is 1.32. The highest BCUT2D eigenvalue weighted by Gasteiger charge is 2.27. The number of hydrogen-bond donors (Lipinski definition) is 4. The van der Waals surface area contributed by atoms with Gasteiger partial charge in [0.05, 0.1) is 13.5 Å². The minimum atomic E-state index is -1.23. The molecule has 0 aliphatic rings. The molecular formula is C28H42F2N4O6. The van der Waals surface area contributed by atoms with E-state index in [1.807, 2.05) is 20.8 Å². The van der Waals surface area contributed by atoms with Crippen molar-refractivity contribution in [1.82, 2.24) is 21.3 Å². The van der Waals surface area contributed by atoms with E-state index in [1.165, 1.54) is 20.1 Å². The van der Waals surface area contributed by atoms with Crippen molar-refractivity contribution in [2.45, 2.75) is 91.3 Å². The van der Waals surface area contributed by atoms with Crippen LogP contribution in [0.5, 0.6) is 0 Å². The van der Waals surface area contributed by atoms with Crippen molar-refractivity contribution in [3.63, 3.8) is 0 Å². The molecule has 224 valence electrons. The Labute approximate surface area is 234 Å². The summed E-state index contributed by atoms with van der Waals surface area (Å²) >= 11 is 0. The Kier molecular flexibility index (Phi) is 14.8. The van der Waals surface area contributed by atoms with Crippen LogP contribution in [0, 0.1) is 17.0 Å². The zero-order chi connectivity index (χ0) is 30.3. The normalized spacial score (nSPS) is 12.6. The third kappa shape index (κ3) is 14.5. The number of methoxy groups -OCH3 is 1. The number of carbonyl (C=O) groups is 5. The summed E-state index contributed by atoms with van der Waals surface area (Å²) in [4.78, 5) is 61.7. The lowest BCUT2D eigenvalue weighted by molar-refractivity contribution is -0.140. The Morgan fingerprint density at radius 2 is 1.52 bits per heavy atom. The van der Waals surface area contributed by atoms with Gasteiger partial charge in [0, 0.05) is 37.6 Å². The number of amides is 4. The fourth-order valence-electron chi connectivity index (χ4n) is 3.49. The van der Waals surface area contributed by atoms with E-state index in [0.29, 0.717) is 38.3 Å². The molecule has 1 unspecified atom stereocenters. The lowest BCUT2D eigenvalue weighted by atomic mass is 9.97. The van der Waals surface area contributed by atoms with Crippen molar-refractivity contribution in [2.24, 2.45) is 5.41 Å². The summed E-state index contributed by atoms with van der Waals surface area (Å²) in [6.07, 6.45) is 2.68. The Hall–Kier alpha value is -3.57. The second-order valence-corrected chi connectivity index (χ2v) is 10.8. The molecule has 0 aromatic heterocycles. The maximum absolute atomic E-state index is 13.8. The van der Waals surface area contributed by atoms with E-state index in [4.69, 9.17) is 0 Å². The number of rotatable bonds is 16. The second kappa shape index (κ2) is 17.2. The molecule has 1 aromatic rings. The molecule has 4 N–H and O–H groups in total. The number of benzene rings is 1. The topological polar surface area (TPSA) is 143 Å². The van der Waals surface area contributed by atoms with Crippen molar-refractivity contribution in [3.05, 3.63) is 35.4 Å². The van der Waals surface area contributed by atoms with Crippen LogP contribution in [0.1, 0.15) is 78.2 Å². The smallest absolute Gasteiger partial charge is 0.305 e. The van der Waals surface area contributed by atoms with Crippen molar-refractivity contribution in [1.29, 1.82) is 0 Å². The van der Waals surface area contributed by atoms with E-state index in [0.717, 1.165) is 12.5 Å². The number of ether oxygens (including phenoxy) is 1. The lowest BCUT2D eigenvalue weighted by Gasteiger charge is -2.23. The van der Waals surface area contributed by atoms with Gasteiger partial charge in [-0.25, -0.2) is 8.78 Å². The van der Waals surface area contributed by atoms with Gasteiger partial charge in [-0.2, -0.15) is 0 Å². The van der Waals surface area contributed by atoms with Crippen LogP contribution in [0.4, 0.5) is 8.78 Å². The van der Waals surface area contributed by atoms with Gasteiger partial charge < -0.3 is 26.0 Å². The third-order valence-corrected chi connectivity index (χ3v) is 5.84. The maximum atomic E-state index is 13.8. The van der Waals surface area contributed by atoms with Gasteiger partial charge in [-0.1, -0.05) is 39.7 Å². The average Bonchev–Trinajstić information content (AvgIpc) is 2.87. The van der Waals surface area contributed by atoms with E-state index in [2.05, 4.69) is 26.0 Å². The first-order chi connectivity index (χ1) is 18.7. The van der Waals surface area contributed by atoms with Crippen LogP contribution >= 0.6 is 0 Å². The molecular weight excluding hydrogens is 526 g/mol. The standard InChI is InChI=1S/C28H42F2N4O6/c1-18(26(38)31-16-19-12-13-20(29)14-21(19)30)33-27(39)22(15-24(36)32-17-28(2,3)4)34-23(35)10-8-6-7-9-11-25(37)40-5/h12-14,18,22H,6-11,15-17H2,1-5H3,(H,31,38)(H,32,36)(H,33,39)(H,34,35)/t18-,22?/m0/s1. The molecule has 0 saturated carbocycles. The summed E-state index contributed by atoms with van der Waals surface area (Å²) < 4.78 is 31.5. The molecule has 0 fully saturated rings. The van der Waals surface area contributed by atoms with Gasteiger partial charge in [0.15, 0.2) is 0 Å². The number of hydrogen-bond acceptors (Lipinski definition) is 6. The predicted molar refractivity (Wildman–Crippen MR) is 145 cm³/mol. The first-order valence-electron chi connectivity index (χ1n) is 13.4. The molecule has 4 amide bonds. The van der Waals surface area contributed by atoms with Crippen LogP contribution in [0.15, 0.2) is 18.2 Å². The highest BCUT2D eigenvalue weighted by molar-refractivity contribution is 5.94. The molecule has 0 aliphatic carbocycles. The molecule has 0 bridgehead atoms. The number of nitrogens with one attached hydrogen (secondary N) is 4. The number of unbranched alkanes of at least 4 members (excludes halogenated alkanes) is 3. The summed E-state index contributed by atoms with van der Waals surface area (Å²) in [5, 5.41) is 10.3. The molecule has 1 aromatic carbocycles. The van der Waals surface area contributed by atoms with Gasteiger partial charge in [0.1, 0.15) is 23.7 Å². The molecule has 2 atom stereocenters. The summed E-state index contributed by atoms with van der Waals surface area (Å²) in [6, 6.07) is 0.678. The second-order valence-electron chi connectivity index (χ2n) is 10.8. The lowest BCUT2D eigenvalue weighted by Crippen LogP contribution is -2.54. The minimum absolute atomic E-state index is 0.0687. The van der Waals surface area contributed by atoms with Gasteiger partial charge in [0.25, 0.3) is 0 Å². The first-order valence-corrected chi connectivity index (χ1v) is 13.4. The Bertz CT molecular complexity index is 1030. The fraction of sp³-hybridized carbons (Fsp3) is 0.607. The third-order valence-electron chi connectivity index (χ3n) is 5.84. The quantitative estimate of drug-likeness (QED) is 0.178. The van der Waals surface area contributed by atoms with Gasteiger partial charge in [-0.15, -0.1) is 0 Å². The predicted octanol–water partition coefficient (Wildman–Crippen LogP) is 2.64. The summed E-state index contributed by atoms with van der Waals surface area (Å²) in [5.74, 6) is -4.08. The SMILES string of the molecule is COC(=O)CCCCCCC(=O)NC(CC(=O)NCC(C)(C)C)C(=O)N[C@@H](C)C(=O)NCc1ccc(F)cc1F. The van der Waals surface area contributed by atoms with Crippen molar-refractivity contribution in [3.8, 4) is 0 Å². The van der Waals surface area contributed by atoms with Crippen LogP contribution in [0.3, 0.4) is 0 Å². The molecule has 12 heteroatoms. The number of esters is 1. The molecule has 1 rings (SSSR count). The largest absolute Gasteiger partial charge is 0.469 e. The van der Waals surface area contributed by atoms with Crippen LogP contribution in [-0.2, 0) is 35.3 Å². The Balaban J connectivity index is 2.70. The highest BCUT2D eigenvalue weighted by atomic mass is 19.1. The minimum Gasteiger partial charge on any atom is -0.469 e. The molecule has 0 saturated heterocycles. The number of halogens is 2. The fourth-order valence-corrected chi connectivity index (χ4v) is 3.49. The van der Waals surface area contributed by atoms with Gasteiger partial charge in [-0.05, 0) is 31.2 Å². The van der Waals surface area contributed by atoms with Crippen molar-refractivity contribution >= 4 is 29.6 Å². The molecule has 0 radical (unpaired) electrons. The van der Waals surface area contributed by atoms with Crippen molar-refractivity contribution < 1.29 is 37.5 Å². The molecule has 0 heterocycles. The van der Waals surface area contributed by atoms with E-state index in [1.54, 1.807) is 0 Å². The van der Waals surface area contributed by atoms with Crippen LogP contribution in [0.25, 0.3) is 0 Å². The van der Waals surface area contributed by atoms with E-state index >= 15 is 0 Å². The van der Waals surface area contributed by atoms with Crippen LogP contribution in [-0.4, -0.2) is 55.3 Å². The highest BCUT2D eigenvalue weighted by Crippen LogP contribution is 2.11. The maximum Gasteiger partial charge on any atom is 0.305 e. The van der Waals surface area contributed by atoms with E-state index in [9.17, 15) is 32.8 Å². The summed E-state index contributed by atoms with van der Waals surface area (Å²) in [6.45, 7) is 7.34. The van der Waals surface area contributed by atoms with E-state index in [-0.39, 0.29) is 36.3 Å². The zero-order valence-corrected chi connectivity index (χ0v) is 24.0. The van der Waals surface area contributed by atoms with Crippen LogP contribution < -0.4 is 21.3 Å². The molecule has 0 spiro atoms. The first kappa shape index (κ1) is 34.5. The number of carbonyl (C=O) groups excluding carboxylic acids is 5. The Morgan fingerprint density at radius 1 is 0.875 bits per heavy atom. The van der Waals surface area contributed by atoms with Gasteiger partial charge in [-0.3, -0.25) is 24.0 Å². The van der Waals surface area contributed by atoms with Gasteiger partial charge >= 0.3 is 5.97 Å². The van der Waals surface area contributed by atoms with Crippen LogP contribution in [0.2, 0.25) is 0 Å². The van der Waals surface area contributed by atoms with Gasteiger partial charge in [0.2, 0.25) is 23.6 Å². The molecule has 10 nitrogen and oxygen atoms in total.